The lowest BCUT2D eigenvalue weighted by molar-refractivity contribution is 0.181. The molecule has 3 rings (SSSR count). The van der Waals surface area contributed by atoms with E-state index < -0.39 is 26.6 Å². The van der Waals surface area contributed by atoms with Gasteiger partial charge in [-0.3, -0.25) is 4.90 Å². The van der Waals surface area contributed by atoms with Crippen LogP contribution in [0.5, 0.6) is 0 Å². The summed E-state index contributed by atoms with van der Waals surface area (Å²) in [6.45, 7) is 2.21. The van der Waals surface area contributed by atoms with Crippen molar-refractivity contribution in [1.82, 2.24) is 9.21 Å². The van der Waals surface area contributed by atoms with Crippen LogP contribution in [0.1, 0.15) is 11.1 Å². The molecule has 1 fully saturated rings. The first-order chi connectivity index (χ1) is 12.4. The minimum absolute atomic E-state index is 0.0927. The van der Waals surface area contributed by atoms with E-state index in [2.05, 4.69) is 4.90 Å². The summed E-state index contributed by atoms with van der Waals surface area (Å²) in [4.78, 5) is 1.48. The van der Waals surface area contributed by atoms with Crippen molar-refractivity contribution in [3.05, 3.63) is 65.2 Å². The third kappa shape index (κ3) is 4.06. The van der Waals surface area contributed by atoms with Gasteiger partial charge in [-0.25, -0.2) is 17.2 Å². The maximum Gasteiger partial charge on any atom is 0.246 e. The Bertz CT molecular complexity index is 870. The van der Waals surface area contributed by atoms with Gasteiger partial charge in [0.2, 0.25) is 10.0 Å². The van der Waals surface area contributed by atoms with Gasteiger partial charge in [-0.2, -0.15) is 4.31 Å². The number of rotatable bonds is 5. The van der Waals surface area contributed by atoms with Crippen molar-refractivity contribution >= 4 is 21.6 Å². The maximum atomic E-state index is 14.1. The topological polar surface area (TPSA) is 40.6 Å². The molecule has 8 heteroatoms. The lowest BCUT2D eigenvalue weighted by Gasteiger charge is -2.34. The molecule has 1 aliphatic heterocycles. The van der Waals surface area contributed by atoms with Crippen molar-refractivity contribution in [3.63, 3.8) is 0 Å². The van der Waals surface area contributed by atoms with Crippen molar-refractivity contribution in [3.8, 4) is 0 Å². The van der Waals surface area contributed by atoms with Gasteiger partial charge < -0.3 is 0 Å². The molecule has 4 nitrogen and oxygen atoms in total. The number of nitrogens with zero attached hydrogens (tertiary/aromatic N) is 2. The average molecular weight is 401 g/mol. The molecule has 2 aromatic rings. The van der Waals surface area contributed by atoms with Crippen LogP contribution in [0, 0.1) is 11.6 Å². The van der Waals surface area contributed by atoms with Crippen LogP contribution in [0.4, 0.5) is 8.78 Å². The average Bonchev–Trinajstić information content (AvgIpc) is 2.65. The van der Waals surface area contributed by atoms with Crippen molar-refractivity contribution in [2.75, 3.05) is 26.2 Å². The molecule has 0 aromatic heterocycles. The van der Waals surface area contributed by atoms with Crippen LogP contribution in [0.3, 0.4) is 0 Å². The minimum atomic E-state index is -4.11. The third-order valence-electron chi connectivity index (χ3n) is 4.41. The summed E-state index contributed by atoms with van der Waals surface area (Å²) in [5.41, 5.74) is 1.37. The molecule has 0 saturated carbocycles. The molecule has 0 amide bonds. The van der Waals surface area contributed by atoms with Crippen molar-refractivity contribution < 1.29 is 17.2 Å². The Morgan fingerprint density at radius 2 is 1.62 bits per heavy atom. The summed E-state index contributed by atoms with van der Waals surface area (Å²) < 4.78 is 54.5. The van der Waals surface area contributed by atoms with Crippen LogP contribution < -0.4 is 0 Å². The van der Waals surface area contributed by atoms with Gasteiger partial charge in [-0.1, -0.05) is 30.3 Å². The number of halogens is 3. The lowest BCUT2D eigenvalue weighted by Crippen LogP contribution is -2.48. The number of alkyl halides is 1. The molecule has 0 unspecified atom stereocenters. The highest BCUT2D eigenvalue weighted by atomic mass is 35.5. The summed E-state index contributed by atoms with van der Waals surface area (Å²) in [6.07, 6.45) is 0. The first-order valence-electron chi connectivity index (χ1n) is 8.22. The molecule has 0 spiro atoms. The predicted octanol–water partition coefficient (Wildman–Crippen LogP) is 3.21. The summed E-state index contributed by atoms with van der Waals surface area (Å²) in [6, 6.07) is 11.9. The van der Waals surface area contributed by atoms with E-state index in [1.54, 1.807) is 0 Å². The molecule has 1 aliphatic rings. The minimum Gasteiger partial charge on any atom is -0.296 e. The smallest absolute Gasteiger partial charge is 0.246 e. The Kier molecular flexibility index (Phi) is 5.92. The fourth-order valence-electron chi connectivity index (χ4n) is 2.99. The zero-order chi connectivity index (χ0) is 18.7. The number of hydrogen-bond donors (Lipinski definition) is 0. The van der Waals surface area contributed by atoms with E-state index in [0.29, 0.717) is 13.1 Å². The second-order valence-electron chi connectivity index (χ2n) is 6.19. The first-order valence-corrected chi connectivity index (χ1v) is 10.2. The highest BCUT2D eigenvalue weighted by molar-refractivity contribution is 7.89. The molecule has 0 N–H and O–H groups in total. The number of benzene rings is 2. The van der Waals surface area contributed by atoms with Gasteiger partial charge in [0.05, 0.1) is 0 Å². The normalized spacial score (nSPS) is 16.7. The number of piperazine rings is 1. The molecule has 1 saturated heterocycles. The van der Waals surface area contributed by atoms with Crippen molar-refractivity contribution in [2.45, 2.75) is 17.3 Å². The van der Waals surface area contributed by atoms with Gasteiger partial charge in [0.15, 0.2) is 11.6 Å². The predicted molar refractivity (Wildman–Crippen MR) is 96.4 cm³/mol. The Hall–Kier alpha value is -1.54. The van der Waals surface area contributed by atoms with Crippen molar-refractivity contribution in [2.24, 2.45) is 0 Å². The van der Waals surface area contributed by atoms with E-state index in [1.165, 1.54) is 4.31 Å². The monoisotopic (exact) mass is 400 g/mol. The molecule has 0 radical (unpaired) electrons. The highest BCUT2D eigenvalue weighted by Gasteiger charge is 2.32. The van der Waals surface area contributed by atoms with Crippen LogP contribution >= 0.6 is 11.6 Å². The Labute approximate surface area is 157 Å². The van der Waals surface area contributed by atoms with Crippen LogP contribution in [0.15, 0.2) is 47.4 Å². The Morgan fingerprint density at radius 1 is 0.962 bits per heavy atom. The fourth-order valence-corrected chi connectivity index (χ4v) is 4.69. The van der Waals surface area contributed by atoms with E-state index in [9.17, 15) is 17.2 Å². The fraction of sp³-hybridized carbons (Fsp3) is 0.333. The second kappa shape index (κ2) is 8.00. The summed E-state index contributed by atoms with van der Waals surface area (Å²) in [5.74, 6) is -2.65. The third-order valence-corrected chi connectivity index (χ3v) is 6.61. The van der Waals surface area contributed by atoms with Crippen LogP contribution in [-0.4, -0.2) is 43.8 Å². The summed E-state index contributed by atoms with van der Waals surface area (Å²) in [5, 5.41) is 0. The second-order valence-corrected chi connectivity index (χ2v) is 8.36. The highest BCUT2D eigenvalue weighted by Crippen LogP contribution is 2.25. The molecular weight excluding hydrogens is 382 g/mol. The van der Waals surface area contributed by atoms with E-state index in [0.717, 1.165) is 24.2 Å². The van der Waals surface area contributed by atoms with Gasteiger partial charge >= 0.3 is 0 Å². The zero-order valence-electron chi connectivity index (χ0n) is 14.0. The zero-order valence-corrected chi connectivity index (χ0v) is 15.6. The maximum absolute atomic E-state index is 14.1. The molecule has 0 atom stereocenters. The van der Waals surface area contributed by atoms with Gasteiger partial charge in [-0.15, -0.1) is 11.6 Å². The van der Waals surface area contributed by atoms with Crippen LogP contribution in [0.2, 0.25) is 0 Å². The lowest BCUT2D eigenvalue weighted by atomic mass is 10.2. The van der Waals surface area contributed by atoms with Crippen LogP contribution in [0.25, 0.3) is 0 Å². The first kappa shape index (κ1) is 19.2. The standard InChI is InChI=1S/C18H19ClF2N2O2S/c19-12-15-10-16(20)18(21)17(11-15)26(24,25)23-8-6-22(7-9-23)13-14-4-2-1-3-5-14/h1-5,10-11H,6-9,12-13H2. The molecule has 0 bridgehead atoms. The molecule has 1 heterocycles. The molecule has 2 aromatic carbocycles. The van der Waals surface area contributed by atoms with Gasteiger partial charge in [0.25, 0.3) is 0 Å². The summed E-state index contributed by atoms with van der Waals surface area (Å²) in [7, 11) is -4.11. The molecule has 140 valence electrons. The molecule has 0 aliphatic carbocycles. The number of sulfonamides is 1. The Balaban J connectivity index is 1.73. The molecular formula is C18H19ClF2N2O2S. The quantitative estimate of drug-likeness (QED) is 0.724. The Morgan fingerprint density at radius 3 is 2.23 bits per heavy atom. The number of hydrogen-bond acceptors (Lipinski definition) is 3. The van der Waals surface area contributed by atoms with E-state index in [1.807, 2.05) is 30.3 Å². The molecule has 26 heavy (non-hydrogen) atoms. The van der Waals surface area contributed by atoms with E-state index in [-0.39, 0.29) is 24.5 Å². The van der Waals surface area contributed by atoms with Gasteiger partial charge in [0.1, 0.15) is 4.90 Å². The van der Waals surface area contributed by atoms with E-state index >= 15 is 0 Å². The largest absolute Gasteiger partial charge is 0.296 e. The SMILES string of the molecule is O=S(=O)(c1cc(CCl)cc(F)c1F)N1CCN(Cc2ccccc2)CC1. The van der Waals surface area contributed by atoms with Gasteiger partial charge in [0, 0.05) is 38.6 Å². The van der Waals surface area contributed by atoms with E-state index in [4.69, 9.17) is 11.6 Å². The van der Waals surface area contributed by atoms with Crippen LogP contribution in [-0.2, 0) is 22.4 Å². The summed E-state index contributed by atoms with van der Waals surface area (Å²) >= 11 is 5.65. The van der Waals surface area contributed by atoms with Crippen molar-refractivity contribution in [1.29, 1.82) is 0 Å². The van der Waals surface area contributed by atoms with Gasteiger partial charge in [-0.05, 0) is 23.3 Å².